The number of rotatable bonds is 11. The van der Waals surface area contributed by atoms with E-state index in [9.17, 15) is 4.55 Å². The number of nitrogens with one attached hydrogen (secondary N) is 2. The third-order valence-corrected chi connectivity index (χ3v) is 7.90. The van der Waals surface area contributed by atoms with Crippen LogP contribution in [0, 0.1) is 5.82 Å². The van der Waals surface area contributed by atoms with Gasteiger partial charge in [0.15, 0.2) is 11.6 Å². The van der Waals surface area contributed by atoms with E-state index in [1.54, 1.807) is 37.6 Å². The number of ether oxygens (including phenoxy) is 2. The molecule has 10 nitrogen and oxygen atoms in total. The molecule has 4 N–H and O–H groups in total. The van der Waals surface area contributed by atoms with Gasteiger partial charge in [-0.25, -0.2) is 24.1 Å². The van der Waals surface area contributed by atoms with Crippen molar-refractivity contribution < 1.29 is 18.4 Å². The molecule has 1 fully saturated rings. The quantitative estimate of drug-likeness (QED) is 0.222. The summed E-state index contributed by atoms with van der Waals surface area (Å²) in [5.41, 5.74) is 8.07. The fraction of sp³-hybridized carbons (Fsp3) is 0.345. The van der Waals surface area contributed by atoms with E-state index in [4.69, 9.17) is 25.2 Å². The Balaban J connectivity index is 1.63. The van der Waals surface area contributed by atoms with Crippen LogP contribution in [0.5, 0.6) is 5.75 Å². The molecule has 1 aliphatic heterocycles. The predicted octanol–water partition coefficient (Wildman–Crippen LogP) is 4.20. The molecule has 5 rings (SSSR count). The first-order valence-electron chi connectivity index (χ1n) is 13.6. The first kappa shape index (κ1) is 28.8. The topological polar surface area (TPSA) is 134 Å². The lowest BCUT2D eigenvalue weighted by atomic mass is 10.0. The van der Waals surface area contributed by atoms with E-state index in [1.165, 1.54) is 0 Å². The van der Waals surface area contributed by atoms with Gasteiger partial charge in [0.25, 0.3) is 0 Å². The van der Waals surface area contributed by atoms with Crippen molar-refractivity contribution in [3.63, 3.8) is 0 Å². The van der Waals surface area contributed by atoms with Gasteiger partial charge in [-0.2, -0.15) is 0 Å². The first-order chi connectivity index (χ1) is 20.0. The Morgan fingerprint density at radius 1 is 1.15 bits per heavy atom. The standard InChI is InChI=1S/C29H34FN7O3S/c1-3-15-41(38)36-23-6-4-5-21(26(23)30)20-16-22-27(24(17-20)39-2)34-28(35-29(22)37-11-13-40-14-12-37)19-7-8-25(33-18-19)32-10-9-31/h4-8,16-18,36H,3,9-15,31H2,1-2H3,(H,32,33). The van der Waals surface area contributed by atoms with E-state index in [0.29, 0.717) is 85.0 Å². The van der Waals surface area contributed by atoms with Gasteiger partial charge in [0.2, 0.25) is 0 Å². The maximum absolute atomic E-state index is 15.7. The second-order valence-electron chi connectivity index (χ2n) is 9.51. The predicted molar refractivity (Wildman–Crippen MR) is 162 cm³/mol. The zero-order chi connectivity index (χ0) is 28.8. The van der Waals surface area contributed by atoms with Gasteiger partial charge < -0.3 is 30.0 Å². The van der Waals surface area contributed by atoms with Gasteiger partial charge in [0, 0.05) is 48.9 Å². The van der Waals surface area contributed by atoms with Gasteiger partial charge in [-0.15, -0.1) is 0 Å². The highest BCUT2D eigenvalue weighted by molar-refractivity contribution is 7.92. The van der Waals surface area contributed by atoms with Gasteiger partial charge >= 0.3 is 0 Å². The minimum atomic E-state index is -1.37. The number of hydrogen-bond donors (Lipinski definition) is 3. The molecule has 12 heteroatoms. The number of halogens is 1. The Morgan fingerprint density at radius 2 is 1.98 bits per heavy atom. The van der Waals surface area contributed by atoms with E-state index >= 15 is 4.39 Å². The molecule has 1 atom stereocenters. The Labute approximate surface area is 241 Å². The van der Waals surface area contributed by atoms with Crippen molar-refractivity contribution in [2.75, 3.05) is 67.2 Å². The molecule has 216 valence electrons. The average Bonchev–Trinajstić information content (AvgIpc) is 3.01. The number of anilines is 3. The molecule has 1 saturated heterocycles. The summed E-state index contributed by atoms with van der Waals surface area (Å²) in [4.78, 5) is 16.5. The lowest BCUT2D eigenvalue weighted by Gasteiger charge is -2.29. The van der Waals surface area contributed by atoms with Crippen molar-refractivity contribution in [2.24, 2.45) is 5.73 Å². The summed E-state index contributed by atoms with van der Waals surface area (Å²) in [5.74, 6) is 2.35. The normalized spacial score (nSPS) is 14.2. The Bertz CT molecular complexity index is 1490. The molecule has 0 aliphatic carbocycles. The second-order valence-corrected chi connectivity index (χ2v) is 10.8. The highest BCUT2D eigenvalue weighted by atomic mass is 32.2. The number of benzene rings is 2. The third-order valence-electron chi connectivity index (χ3n) is 6.67. The summed E-state index contributed by atoms with van der Waals surface area (Å²) < 4.78 is 42.2. The van der Waals surface area contributed by atoms with Crippen molar-refractivity contribution in [3.8, 4) is 28.3 Å². The molecular formula is C29H34FN7O3S. The molecule has 0 radical (unpaired) electrons. The van der Waals surface area contributed by atoms with Crippen LogP contribution in [-0.2, 0) is 16.1 Å². The van der Waals surface area contributed by atoms with Crippen molar-refractivity contribution in [1.82, 2.24) is 15.0 Å². The summed E-state index contributed by atoms with van der Waals surface area (Å²) in [6.07, 6.45) is 2.45. The maximum atomic E-state index is 15.7. The van der Waals surface area contributed by atoms with Crippen molar-refractivity contribution in [2.45, 2.75) is 13.3 Å². The molecule has 1 unspecified atom stereocenters. The smallest absolute Gasteiger partial charge is 0.163 e. The Morgan fingerprint density at radius 3 is 2.68 bits per heavy atom. The summed E-state index contributed by atoms with van der Waals surface area (Å²) in [5, 5.41) is 3.89. The van der Waals surface area contributed by atoms with E-state index in [1.807, 2.05) is 25.1 Å². The number of nitrogens with two attached hydrogens (primary N) is 1. The van der Waals surface area contributed by atoms with Crippen molar-refractivity contribution in [3.05, 3.63) is 54.5 Å². The van der Waals surface area contributed by atoms with Gasteiger partial charge in [0.1, 0.15) is 34.3 Å². The van der Waals surface area contributed by atoms with Crippen molar-refractivity contribution in [1.29, 1.82) is 0 Å². The summed E-state index contributed by atoms with van der Waals surface area (Å²) >= 11 is -1.37. The summed E-state index contributed by atoms with van der Waals surface area (Å²) in [6, 6.07) is 12.4. The molecule has 1 aliphatic rings. The Hall–Kier alpha value is -3.71. The van der Waals surface area contributed by atoms with Gasteiger partial charge in [-0.3, -0.25) is 0 Å². The third kappa shape index (κ3) is 6.46. The highest BCUT2D eigenvalue weighted by Gasteiger charge is 2.23. The molecule has 3 heterocycles. The monoisotopic (exact) mass is 579 g/mol. The first-order valence-corrected chi connectivity index (χ1v) is 14.9. The second kappa shape index (κ2) is 13.3. The maximum Gasteiger partial charge on any atom is 0.163 e. The van der Waals surface area contributed by atoms with Crippen LogP contribution >= 0.6 is 0 Å². The number of methoxy groups -OCH3 is 1. The Kier molecular flexibility index (Phi) is 9.35. The van der Waals surface area contributed by atoms with E-state index in [0.717, 1.165) is 17.4 Å². The number of fused-ring (bicyclic) bond motifs is 1. The molecule has 0 saturated carbocycles. The molecule has 4 aromatic rings. The zero-order valence-electron chi connectivity index (χ0n) is 23.2. The minimum Gasteiger partial charge on any atom is -0.593 e. The van der Waals surface area contributed by atoms with Crippen LogP contribution in [0.25, 0.3) is 33.4 Å². The average molecular weight is 580 g/mol. The SMILES string of the molecule is CCC[S+]([O-])Nc1cccc(-c2cc(OC)c3nc(-c4ccc(NCCN)nc4)nc(N4CCOCC4)c3c2)c1F. The van der Waals surface area contributed by atoms with Crippen molar-refractivity contribution >= 4 is 39.6 Å². The molecule has 0 amide bonds. The van der Waals surface area contributed by atoms with Gasteiger partial charge in [-0.1, -0.05) is 19.1 Å². The largest absolute Gasteiger partial charge is 0.593 e. The molecular weight excluding hydrogens is 545 g/mol. The number of nitrogens with zero attached hydrogens (tertiary/aromatic N) is 4. The molecule has 41 heavy (non-hydrogen) atoms. The zero-order valence-corrected chi connectivity index (χ0v) is 24.0. The number of aromatic nitrogens is 3. The number of morpholine rings is 1. The molecule has 0 bridgehead atoms. The minimum absolute atomic E-state index is 0.185. The van der Waals surface area contributed by atoms with Crippen LogP contribution in [0.4, 0.5) is 21.7 Å². The van der Waals surface area contributed by atoms with Crippen LogP contribution < -0.4 is 25.4 Å². The molecule has 2 aromatic heterocycles. The fourth-order valence-electron chi connectivity index (χ4n) is 4.67. The lowest BCUT2D eigenvalue weighted by Crippen LogP contribution is -2.37. The van der Waals surface area contributed by atoms with E-state index in [2.05, 4.69) is 19.9 Å². The molecule has 2 aromatic carbocycles. The lowest BCUT2D eigenvalue weighted by molar-refractivity contribution is 0.122. The fourth-order valence-corrected chi connectivity index (χ4v) is 5.54. The van der Waals surface area contributed by atoms with Crippen LogP contribution in [-0.4, -0.2) is 71.8 Å². The number of pyridine rings is 1. The van der Waals surface area contributed by atoms with Gasteiger partial charge in [-0.05, 0) is 42.3 Å². The summed E-state index contributed by atoms with van der Waals surface area (Å²) in [7, 11) is 1.57. The summed E-state index contributed by atoms with van der Waals surface area (Å²) in [6.45, 7) is 5.49. The van der Waals surface area contributed by atoms with E-state index < -0.39 is 17.2 Å². The van der Waals surface area contributed by atoms with Crippen LogP contribution in [0.2, 0.25) is 0 Å². The van der Waals surface area contributed by atoms with Crippen LogP contribution in [0.1, 0.15) is 13.3 Å². The highest BCUT2D eigenvalue weighted by Crippen LogP contribution is 2.39. The van der Waals surface area contributed by atoms with Gasteiger partial charge in [0.05, 0.1) is 31.7 Å². The number of hydrogen-bond acceptors (Lipinski definition) is 10. The van der Waals surface area contributed by atoms with E-state index in [-0.39, 0.29) is 5.69 Å². The van der Waals surface area contributed by atoms with Crippen LogP contribution in [0.3, 0.4) is 0 Å². The molecule has 0 spiro atoms. The van der Waals surface area contributed by atoms with Crippen LogP contribution in [0.15, 0.2) is 48.7 Å².